The second-order valence-electron chi connectivity index (χ2n) is 2.86. The predicted octanol–water partition coefficient (Wildman–Crippen LogP) is 2.64. The molecule has 16 heavy (non-hydrogen) atoms. The van der Waals surface area contributed by atoms with E-state index >= 15 is 0 Å². The Hall–Kier alpha value is -1.60. The first-order valence-corrected chi connectivity index (χ1v) is 4.87. The Balaban J connectivity index is 3.12. The van der Waals surface area contributed by atoms with Gasteiger partial charge < -0.3 is 5.11 Å². The van der Waals surface area contributed by atoms with Gasteiger partial charge >= 0.3 is 5.97 Å². The van der Waals surface area contributed by atoms with Crippen molar-refractivity contribution in [3.05, 3.63) is 34.9 Å². The van der Waals surface area contributed by atoms with E-state index in [1.54, 1.807) is 0 Å². The normalized spacial score (nSPS) is 9.44. The third-order valence-electron chi connectivity index (χ3n) is 1.73. The largest absolute Gasteiger partial charge is 0.478 e. The molecule has 0 radical (unpaired) electrons. The summed E-state index contributed by atoms with van der Waals surface area (Å²) >= 11 is 5.36. The fourth-order valence-electron chi connectivity index (χ4n) is 1.01. The van der Waals surface area contributed by atoms with E-state index in [4.69, 9.17) is 16.7 Å². The lowest BCUT2D eigenvalue weighted by Crippen LogP contribution is -2.02. The predicted molar refractivity (Wildman–Crippen MR) is 55.5 cm³/mol. The highest BCUT2D eigenvalue weighted by Crippen LogP contribution is 2.14. The first kappa shape index (κ1) is 12.5. The molecule has 0 saturated heterocycles. The minimum Gasteiger partial charge on any atom is -0.478 e. The number of rotatable bonds is 2. The number of halogens is 3. The fraction of sp³-hybridized carbons (Fsp3) is 0.182. The van der Waals surface area contributed by atoms with Crippen LogP contribution in [0.25, 0.3) is 0 Å². The van der Waals surface area contributed by atoms with Crippen LogP contribution in [-0.2, 0) is 0 Å². The van der Waals surface area contributed by atoms with Crippen molar-refractivity contribution in [2.24, 2.45) is 0 Å². The Morgan fingerprint density at radius 2 is 2.06 bits per heavy atom. The number of alkyl halides is 1. The number of aromatic carboxylic acids is 1. The Morgan fingerprint density at radius 3 is 2.62 bits per heavy atom. The van der Waals surface area contributed by atoms with E-state index < -0.39 is 23.2 Å². The summed E-state index contributed by atoms with van der Waals surface area (Å²) in [7, 11) is 0. The third kappa shape index (κ3) is 2.94. The van der Waals surface area contributed by atoms with Gasteiger partial charge in [-0.3, -0.25) is 0 Å². The van der Waals surface area contributed by atoms with E-state index in [0.717, 1.165) is 6.07 Å². The summed E-state index contributed by atoms with van der Waals surface area (Å²) in [5.74, 6) is 1.82. The molecule has 1 rings (SSSR count). The number of carbonyl (C=O) groups is 1. The van der Waals surface area contributed by atoms with E-state index in [-0.39, 0.29) is 5.56 Å². The van der Waals surface area contributed by atoms with Crippen molar-refractivity contribution in [2.45, 2.75) is 6.42 Å². The molecule has 0 aliphatic rings. The minimum atomic E-state index is -1.52. The van der Waals surface area contributed by atoms with Crippen LogP contribution in [-0.4, -0.2) is 17.0 Å². The molecule has 1 aromatic rings. The SMILES string of the molecule is O=C(O)c1cc(F)c(C#CCCCl)cc1F. The number of carboxylic acid groups (broad SMARTS) is 1. The highest BCUT2D eigenvalue weighted by Gasteiger charge is 2.13. The summed E-state index contributed by atoms with van der Waals surface area (Å²) in [4.78, 5) is 10.5. The van der Waals surface area contributed by atoms with Crippen LogP contribution in [0.3, 0.4) is 0 Å². The minimum absolute atomic E-state index is 0.174. The highest BCUT2D eigenvalue weighted by atomic mass is 35.5. The molecule has 0 aliphatic carbocycles. The Bertz CT molecular complexity index is 475. The van der Waals surface area contributed by atoms with Crippen LogP contribution in [0.15, 0.2) is 12.1 Å². The van der Waals surface area contributed by atoms with Gasteiger partial charge in [0, 0.05) is 12.3 Å². The van der Waals surface area contributed by atoms with E-state index in [0.29, 0.717) is 18.4 Å². The summed E-state index contributed by atoms with van der Waals surface area (Å²) in [5, 5.41) is 8.53. The molecular weight excluding hydrogens is 238 g/mol. The van der Waals surface area contributed by atoms with Crippen LogP contribution in [0.2, 0.25) is 0 Å². The standard InChI is InChI=1S/C11H7ClF2O2/c12-4-2-1-3-7-5-10(14)8(11(15)16)6-9(7)13/h5-6H,2,4H2,(H,15,16). The summed E-state index contributed by atoms with van der Waals surface area (Å²) in [5.41, 5.74) is -0.881. The number of hydrogen-bond acceptors (Lipinski definition) is 1. The van der Waals surface area contributed by atoms with Crippen molar-refractivity contribution in [1.82, 2.24) is 0 Å². The maximum atomic E-state index is 13.3. The van der Waals surface area contributed by atoms with E-state index in [1.165, 1.54) is 0 Å². The molecule has 2 nitrogen and oxygen atoms in total. The first-order chi connectivity index (χ1) is 7.56. The zero-order chi connectivity index (χ0) is 12.1. The van der Waals surface area contributed by atoms with Crippen molar-refractivity contribution in [2.75, 3.05) is 5.88 Å². The molecule has 0 spiro atoms. The van der Waals surface area contributed by atoms with Crippen molar-refractivity contribution >= 4 is 17.6 Å². The molecule has 0 unspecified atom stereocenters. The van der Waals surface area contributed by atoms with Crippen molar-refractivity contribution < 1.29 is 18.7 Å². The van der Waals surface area contributed by atoms with Gasteiger partial charge in [-0.2, -0.15) is 0 Å². The lowest BCUT2D eigenvalue weighted by Gasteiger charge is -1.99. The average Bonchev–Trinajstić information content (AvgIpc) is 2.22. The van der Waals surface area contributed by atoms with Crippen molar-refractivity contribution in [3.63, 3.8) is 0 Å². The molecule has 0 heterocycles. The molecular formula is C11H7ClF2O2. The molecule has 0 bridgehead atoms. The smallest absolute Gasteiger partial charge is 0.338 e. The molecule has 0 saturated carbocycles. The molecule has 0 atom stereocenters. The molecule has 1 N–H and O–H groups in total. The van der Waals surface area contributed by atoms with Gasteiger partial charge in [0.05, 0.1) is 11.1 Å². The van der Waals surface area contributed by atoms with Gasteiger partial charge in [-0.25, -0.2) is 13.6 Å². The summed E-state index contributed by atoms with van der Waals surface area (Å²) in [6.45, 7) is 0. The van der Waals surface area contributed by atoms with Gasteiger partial charge in [-0.1, -0.05) is 11.8 Å². The van der Waals surface area contributed by atoms with E-state index in [2.05, 4.69) is 11.8 Å². The van der Waals surface area contributed by atoms with E-state index in [1.807, 2.05) is 0 Å². The Morgan fingerprint density at radius 1 is 1.38 bits per heavy atom. The second kappa shape index (κ2) is 5.47. The summed E-state index contributed by atoms with van der Waals surface area (Å²) < 4.78 is 26.4. The molecule has 0 amide bonds. The van der Waals surface area contributed by atoms with Gasteiger partial charge in [0.15, 0.2) is 0 Å². The maximum absolute atomic E-state index is 13.3. The lowest BCUT2D eigenvalue weighted by molar-refractivity contribution is 0.0691. The van der Waals surface area contributed by atoms with Crippen molar-refractivity contribution in [3.8, 4) is 11.8 Å². The monoisotopic (exact) mass is 244 g/mol. The number of carboxylic acids is 1. The van der Waals surface area contributed by atoms with Crippen molar-refractivity contribution in [1.29, 1.82) is 0 Å². The van der Waals surface area contributed by atoms with Gasteiger partial charge in [0.25, 0.3) is 0 Å². The van der Waals surface area contributed by atoms with Crippen LogP contribution in [0.5, 0.6) is 0 Å². The highest BCUT2D eigenvalue weighted by molar-refractivity contribution is 6.18. The summed E-state index contributed by atoms with van der Waals surface area (Å²) in [6, 6.07) is 1.38. The zero-order valence-electron chi connectivity index (χ0n) is 8.06. The number of benzene rings is 1. The molecule has 1 aromatic carbocycles. The van der Waals surface area contributed by atoms with Crippen LogP contribution in [0, 0.1) is 23.5 Å². The summed E-state index contributed by atoms with van der Waals surface area (Å²) in [6.07, 6.45) is 0.350. The fourth-order valence-corrected chi connectivity index (χ4v) is 1.11. The average molecular weight is 245 g/mol. The first-order valence-electron chi connectivity index (χ1n) is 4.33. The van der Waals surface area contributed by atoms with Gasteiger partial charge in [0.2, 0.25) is 0 Å². The van der Waals surface area contributed by atoms with Gasteiger partial charge in [-0.15, -0.1) is 11.6 Å². The topological polar surface area (TPSA) is 37.3 Å². The Kier molecular flexibility index (Phi) is 4.27. The number of hydrogen-bond donors (Lipinski definition) is 1. The van der Waals surface area contributed by atoms with Gasteiger partial charge in [-0.05, 0) is 12.1 Å². The Labute approximate surface area is 95.8 Å². The van der Waals surface area contributed by atoms with Crippen LogP contribution < -0.4 is 0 Å². The molecule has 0 fully saturated rings. The molecule has 0 aliphatic heterocycles. The van der Waals surface area contributed by atoms with Gasteiger partial charge in [0.1, 0.15) is 11.6 Å². The van der Waals surface area contributed by atoms with Crippen LogP contribution >= 0.6 is 11.6 Å². The molecule has 84 valence electrons. The molecule has 5 heteroatoms. The zero-order valence-corrected chi connectivity index (χ0v) is 8.81. The second-order valence-corrected chi connectivity index (χ2v) is 3.24. The quantitative estimate of drug-likeness (QED) is 0.641. The van der Waals surface area contributed by atoms with E-state index in [9.17, 15) is 13.6 Å². The van der Waals surface area contributed by atoms with Crippen LogP contribution in [0.4, 0.5) is 8.78 Å². The third-order valence-corrected chi connectivity index (χ3v) is 1.92. The molecule has 0 aromatic heterocycles. The maximum Gasteiger partial charge on any atom is 0.338 e. The lowest BCUT2D eigenvalue weighted by atomic mass is 10.1. The van der Waals surface area contributed by atoms with Crippen LogP contribution in [0.1, 0.15) is 22.3 Å².